The van der Waals surface area contributed by atoms with Gasteiger partial charge in [0.05, 0.1) is 6.10 Å². The lowest BCUT2D eigenvalue weighted by atomic mass is 9.83. The predicted molar refractivity (Wildman–Crippen MR) is 204 cm³/mol. The molecule has 0 aromatic heterocycles. The average molecular weight is 672 g/mol. The molecule has 0 bridgehead atoms. The highest BCUT2D eigenvalue weighted by Crippen LogP contribution is 2.33. The Morgan fingerprint density at radius 1 is 0.542 bits per heavy atom. The maximum absolute atomic E-state index is 12.7. The van der Waals surface area contributed by atoms with Crippen LogP contribution in [0.5, 0.6) is 0 Å². The number of aliphatic hydroxyl groups is 1. The number of rotatable bonds is 35. The van der Waals surface area contributed by atoms with Crippen molar-refractivity contribution in [2.45, 2.75) is 231 Å². The first-order chi connectivity index (χ1) is 23.5. The number of imide groups is 1. The van der Waals surface area contributed by atoms with Crippen molar-refractivity contribution in [3.8, 4) is 0 Å². The highest BCUT2D eigenvalue weighted by Gasteiger charge is 2.50. The fourth-order valence-corrected chi connectivity index (χ4v) is 7.15. The SMILES string of the molecule is CCCCCCCC/C=C\CCCCCCCCC(O)[C@](C=O)(CCCCCCCC/C=C\CCCCCCCC)N1C(=O)CCC1=O. The number of amides is 2. The Bertz CT molecular complexity index is 836. The van der Waals surface area contributed by atoms with E-state index in [0.29, 0.717) is 12.8 Å². The van der Waals surface area contributed by atoms with Crippen LogP contribution in [0, 0.1) is 0 Å². The summed E-state index contributed by atoms with van der Waals surface area (Å²) < 4.78 is 0. The van der Waals surface area contributed by atoms with Gasteiger partial charge < -0.3 is 9.90 Å². The first-order valence-corrected chi connectivity index (χ1v) is 20.8. The summed E-state index contributed by atoms with van der Waals surface area (Å²) in [6.45, 7) is 4.52. The van der Waals surface area contributed by atoms with Gasteiger partial charge in [-0.25, -0.2) is 0 Å². The van der Waals surface area contributed by atoms with Crippen molar-refractivity contribution in [3.05, 3.63) is 24.3 Å². The standard InChI is InChI=1S/C43H77NO4/c1-3-5-7-9-11-13-15-17-19-21-23-25-27-29-31-33-35-40(46)43(39-45,44-41(47)36-37-42(44)48)38-34-32-30-28-26-24-22-20-18-16-14-12-10-8-6-4-2/h17-20,39-40,46H,3-16,21-38H2,1-2H3/b19-17-,20-18-/t40?,43-/m1/s1. The van der Waals surface area contributed by atoms with Gasteiger partial charge in [0.15, 0.2) is 0 Å². The highest BCUT2D eigenvalue weighted by atomic mass is 16.3. The molecule has 0 aliphatic carbocycles. The molecule has 0 radical (unpaired) electrons. The lowest BCUT2D eigenvalue weighted by Gasteiger charge is -2.40. The van der Waals surface area contributed by atoms with E-state index < -0.39 is 11.6 Å². The molecule has 0 aromatic rings. The predicted octanol–water partition coefficient (Wildman–Crippen LogP) is 12.3. The fourth-order valence-electron chi connectivity index (χ4n) is 7.15. The molecule has 0 saturated carbocycles. The molecule has 48 heavy (non-hydrogen) atoms. The van der Waals surface area contributed by atoms with E-state index >= 15 is 0 Å². The molecule has 1 N–H and O–H groups in total. The number of likely N-dealkylation sites (tertiary alicyclic amines) is 1. The molecular formula is C43H77NO4. The van der Waals surface area contributed by atoms with Gasteiger partial charge in [-0.3, -0.25) is 14.5 Å². The Morgan fingerprint density at radius 2 is 0.875 bits per heavy atom. The van der Waals surface area contributed by atoms with E-state index in [-0.39, 0.29) is 24.7 Å². The molecule has 1 rings (SSSR count). The number of allylic oxidation sites excluding steroid dienone is 4. The largest absolute Gasteiger partial charge is 0.390 e. The van der Waals surface area contributed by atoms with Crippen LogP contribution >= 0.6 is 0 Å². The van der Waals surface area contributed by atoms with Gasteiger partial charge in [0.1, 0.15) is 11.8 Å². The molecule has 2 atom stereocenters. The quantitative estimate of drug-likeness (QED) is 0.0315. The van der Waals surface area contributed by atoms with Crippen LogP contribution in [0.4, 0.5) is 0 Å². The van der Waals surface area contributed by atoms with Crippen LogP contribution in [0.25, 0.3) is 0 Å². The van der Waals surface area contributed by atoms with Gasteiger partial charge in [0, 0.05) is 12.8 Å². The van der Waals surface area contributed by atoms with E-state index in [1.807, 2.05) is 0 Å². The molecule has 1 heterocycles. The van der Waals surface area contributed by atoms with Crippen molar-refractivity contribution < 1.29 is 19.5 Å². The van der Waals surface area contributed by atoms with Crippen molar-refractivity contribution in [1.82, 2.24) is 4.90 Å². The molecule has 278 valence electrons. The topological polar surface area (TPSA) is 74.7 Å². The van der Waals surface area contributed by atoms with E-state index in [9.17, 15) is 19.5 Å². The number of unbranched alkanes of at least 4 members (excludes halogenated alkanes) is 24. The summed E-state index contributed by atoms with van der Waals surface area (Å²) in [6.07, 6.45) is 44.0. The van der Waals surface area contributed by atoms with Gasteiger partial charge in [-0.2, -0.15) is 0 Å². The molecule has 1 fully saturated rings. The van der Waals surface area contributed by atoms with Gasteiger partial charge >= 0.3 is 0 Å². The Hall–Kier alpha value is -1.75. The number of hydrogen-bond donors (Lipinski definition) is 1. The second kappa shape index (κ2) is 31.2. The first-order valence-electron chi connectivity index (χ1n) is 20.8. The zero-order valence-electron chi connectivity index (χ0n) is 31.7. The highest BCUT2D eigenvalue weighted by molar-refractivity contribution is 6.05. The molecule has 1 saturated heterocycles. The number of aldehydes is 1. The van der Waals surface area contributed by atoms with Crippen LogP contribution in [0.2, 0.25) is 0 Å². The van der Waals surface area contributed by atoms with Crippen LogP contribution in [-0.2, 0) is 14.4 Å². The Labute approximate surface area is 297 Å². The van der Waals surface area contributed by atoms with Crippen LogP contribution in [-0.4, -0.2) is 39.7 Å². The molecule has 1 unspecified atom stereocenters. The second-order valence-electron chi connectivity index (χ2n) is 14.7. The summed E-state index contributed by atoms with van der Waals surface area (Å²) >= 11 is 0. The summed E-state index contributed by atoms with van der Waals surface area (Å²) in [4.78, 5) is 39.2. The number of carbonyl (C=O) groups excluding carboxylic acids is 3. The minimum Gasteiger partial charge on any atom is -0.390 e. The van der Waals surface area contributed by atoms with E-state index in [0.717, 1.165) is 69.0 Å². The number of hydrogen-bond acceptors (Lipinski definition) is 4. The molecule has 1 aliphatic heterocycles. The molecule has 0 spiro atoms. The van der Waals surface area contributed by atoms with Crippen LogP contribution in [0.1, 0.15) is 219 Å². The van der Waals surface area contributed by atoms with Gasteiger partial charge in [0.25, 0.3) is 0 Å². The zero-order chi connectivity index (χ0) is 35.0. The van der Waals surface area contributed by atoms with Crippen molar-refractivity contribution in [1.29, 1.82) is 0 Å². The van der Waals surface area contributed by atoms with E-state index in [1.165, 1.54) is 122 Å². The Morgan fingerprint density at radius 3 is 1.25 bits per heavy atom. The monoisotopic (exact) mass is 672 g/mol. The molecule has 2 amide bonds. The maximum atomic E-state index is 12.7. The third-order valence-electron chi connectivity index (χ3n) is 10.3. The minimum absolute atomic E-state index is 0.142. The lowest BCUT2D eigenvalue weighted by molar-refractivity contribution is -0.157. The zero-order valence-corrected chi connectivity index (χ0v) is 31.7. The minimum atomic E-state index is -1.41. The number of aliphatic hydroxyl groups excluding tert-OH is 1. The summed E-state index contributed by atoms with van der Waals surface area (Å²) in [6, 6.07) is 0. The number of nitrogens with zero attached hydrogens (tertiary/aromatic N) is 1. The van der Waals surface area contributed by atoms with Crippen molar-refractivity contribution in [2.24, 2.45) is 0 Å². The molecule has 0 aromatic carbocycles. The van der Waals surface area contributed by atoms with E-state index in [1.54, 1.807) is 0 Å². The third kappa shape index (κ3) is 20.7. The Balaban J connectivity index is 2.27. The van der Waals surface area contributed by atoms with Gasteiger partial charge in [-0.15, -0.1) is 0 Å². The van der Waals surface area contributed by atoms with Crippen molar-refractivity contribution in [3.63, 3.8) is 0 Å². The van der Waals surface area contributed by atoms with Crippen LogP contribution in [0.3, 0.4) is 0 Å². The smallest absolute Gasteiger partial charge is 0.230 e. The number of carbonyl (C=O) groups is 3. The normalized spacial score (nSPS) is 15.7. The van der Waals surface area contributed by atoms with Crippen LogP contribution in [0.15, 0.2) is 24.3 Å². The van der Waals surface area contributed by atoms with Gasteiger partial charge in [-0.05, 0) is 64.2 Å². The summed E-state index contributed by atoms with van der Waals surface area (Å²) in [5.41, 5.74) is -1.41. The first kappa shape index (κ1) is 44.3. The second-order valence-corrected chi connectivity index (χ2v) is 14.7. The summed E-state index contributed by atoms with van der Waals surface area (Å²) in [7, 11) is 0. The van der Waals surface area contributed by atoms with Gasteiger partial charge in [-0.1, -0.05) is 167 Å². The lowest BCUT2D eigenvalue weighted by Crippen LogP contribution is -2.60. The van der Waals surface area contributed by atoms with Crippen molar-refractivity contribution >= 4 is 18.1 Å². The maximum Gasteiger partial charge on any atom is 0.230 e. The van der Waals surface area contributed by atoms with E-state index in [2.05, 4.69) is 38.2 Å². The molecule has 5 heteroatoms. The molecule has 5 nitrogen and oxygen atoms in total. The fraction of sp³-hybridized carbons (Fsp3) is 0.837. The third-order valence-corrected chi connectivity index (χ3v) is 10.3. The van der Waals surface area contributed by atoms with Crippen molar-refractivity contribution in [2.75, 3.05) is 0 Å². The van der Waals surface area contributed by atoms with E-state index in [4.69, 9.17) is 0 Å². The molecule has 1 aliphatic rings. The molecular weight excluding hydrogens is 594 g/mol. The summed E-state index contributed by atoms with van der Waals surface area (Å²) in [5.74, 6) is -0.617. The summed E-state index contributed by atoms with van der Waals surface area (Å²) in [5, 5.41) is 11.3. The van der Waals surface area contributed by atoms with Gasteiger partial charge in [0.2, 0.25) is 11.8 Å². The average Bonchev–Trinajstić information content (AvgIpc) is 3.43. The van der Waals surface area contributed by atoms with Crippen LogP contribution < -0.4 is 0 Å². The Kier molecular flexibility index (Phi) is 28.8.